The first kappa shape index (κ1) is 19.4. The van der Waals surface area contributed by atoms with Gasteiger partial charge in [0, 0.05) is 39.3 Å². The molecule has 0 N–H and O–H groups in total. The third-order valence-corrected chi connectivity index (χ3v) is 6.06. The summed E-state index contributed by atoms with van der Waals surface area (Å²) in [5.74, 6) is 0.677. The lowest BCUT2D eigenvalue weighted by atomic mass is 9.90. The zero-order valence-corrected chi connectivity index (χ0v) is 16.7. The van der Waals surface area contributed by atoms with Gasteiger partial charge in [-0.05, 0) is 42.9 Å². The summed E-state index contributed by atoms with van der Waals surface area (Å²) in [4.78, 5) is 33.7. The van der Waals surface area contributed by atoms with E-state index in [1.54, 1.807) is 9.80 Å². The number of hydrogen-bond acceptors (Lipinski definition) is 4. The van der Waals surface area contributed by atoms with Crippen LogP contribution in [0.1, 0.15) is 28.9 Å². The van der Waals surface area contributed by atoms with Crippen molar-refractivity contribution in [2.45, 2.75) is 19.3 Å². The van der Waals surface area contributed by atoms with Gasteiger partial charge in [-0.15, -0.1) is 0 Å². The Morgan fingerprint density at radius 1 is 0.966 bits per heavy atom. The van der Waals surface area contributed by atoms with Gasteiger partial charge in [0.1, 0.15) is 5.69 Å². The van der Waals surface area contributed by atoms with Crippen molar-refractivity contribution in [3.05, 3.63) is 59.9 Å². The summed E-state index contributed by atoms with van der Waals surface area (Å²) in [5.41, 5.74) is 2.99. The molecule has 2 aromatic rings. The maximum Gasteiger partial charge on any atom is 0.272 e. The van der Waals surface area contributed by atoms with Gasteiger partial charge in [-0.1, -0.05) is 30.3 Å². The van der Waals surface area contributed by atoms with Gasteiger partial charge in [0.25, 0.3) is 5.91 Å². The minimum Gasteiger partial charge on any atom is -0.370 e. The van der Waals surface area contributed by atoms with E-state index in [0.717, 1.165) is 37.5 Å². The van der Waals surface area contributed by atoms with Crippen molar-refractivity contribution in [3.63, 3.8) is 0 Å². The van der Waals surface area contributed by atoms with Gasteiger partial charge in [-0.25, -0.2) is 4.98 Å². The maximum absolute atomic E-state index is 12.6. The minimum atomic E-state index is -0.0522. The Hall–Kier alpha value is -2.89. The summed E-state index contributed by atoms with van der Waals surface area (Å²) in [7, 11) is 0. The van der Waals surface area contributed by atoms with E-state index in [1.807, 2.05) is 18.3 Å². The first-order chi connectivity index (χ1) is 14.2. The van der Waals surface area contributed by atoms with E-state index in [1.165, 1.54) is 18.4 Å². The number of amides is 2. The van der Waals surface area contributed by atoms with Crippen LogP contribution in [0.5, 0.6) is 0 Å². The molecule has 6 nitrogen and oxygen atoms in total. The number of rotatable bonds is 5. The van der Waals surface area contributed by atoms with Crippen molar-refractivity contribution in [2.75, 3.05) is 44.2 Å². The minimum absolute atomic E-state index is 0.0522. The van der Waals surface area contributed by atoms with Crippen LogP contribution in [0, 0.1) is 5.92 Å². The van der Waals surface area contributed by atoms with Crippen LogP contribution in [0.4, 0.5) is 5.69 Å². The van der Waals surface area contributed by atoms with Crippen LogP contribution in [0.25, 0.3) is 0 Å². The second-order valence-electron chi connectivity index (χ2n) is 7.96. The lowest BCUT2D eigenvalue weighted by Crippen LogP contribution is -2.48. The molecule has 0 radical (unpaired) electrons. The molecule has 0 spiro atoms. The molecule has 2 fully saturated rings. The summed E-state index contributed by atoms with van der Waals surface area (Å²) in [5, 5.41) is 0. The van der Waals surface area contributed by atoms with E-state index in [2.05, 4.69) is 40.2 Å². The molecule has 0 saturated carbocycles. The van der Waals surface area contributed by atoms with Crippen molar-refractivity contribution >= 4 is 18.0 Å². The number of anilines is 1. The molecule has 1 aromatic heterocycles. The number of aromatic nitrogens is 1. The number of carbonyl (C=O) groups excluding carboxylic acids is 2. The number of pyridine rings is 1. The zero-order valence-electron chi connectivity index (χ0n) is 16.7. The number of hydrogen-bond donors (Lipinski definition) is 0. The molecule has 0 unspecified atom stereocenters. The number of piperidine rings is 1. The molecule has 2 aliphatic heterocycles. The number of nitrogens with zero attached hydrogens (tertiary/aromatic N) is 4. The highest BCUT2D eigenvalue weighted by molar-refractivity contribution is 5.92. The molecule has 6 heteroatoms. The van der Waals surface area contributed by atoms with Crippen LogP contribution in [-0.4, -0.2) is 66.4 Å². The second-order valence-corrected chi connectivity index (χ2v) is 7.96. The highest BCUT2D eigenvalue weighted by atomic mass is 16.2. The van der Waals surface area contributed by atoms with E-state index in [9.17, 15) is 9.59 Å². The van der Waals surface area contributed by atoms with Gasteiger partial charge >= 0.3 is 0 Å². The summed E-state index contributed by atoms with van der Waals surface area (Å²) < 4.78 is 0. The SMILES string of the molecule is O=CN1CCN(C(=O)c2ccc(N3CCC(Cc4ccccc4)CC3)cn2)CC1. The molecule has 2 saturated heterocycles. The van der Waals surface area contributed by atoms with Crippen molar-refractivity contribution in [1.82, 2.24) is 14.8 Å². The van der Waals surface area contributed by atoms with Gasteiger partial charge in [0.2, 0.25) is 6.41 Å². The van der Waals surface area contributed by atoms with E-state index in [0.29, 0.717) is 31.9 Å². The predicted molar refractivity (Wildman–Crippen MR) is 113 cm³/mol. The van der Waals surface area contributed by atoms with Gasteiger partial charge in [-0.3, -0.25) is 9.59 Å². The molecule has 152 valence electrons. The Kier molecular flexibility index (Phi) is 6.08. The lowest BCUT2D eigenvalue weighted by Gasteiger charge is -2.34. The van der Waals surface area contributed by atoms with Crippen LogP contribution in [-0.2, 0) is 11.2 Å². The van der Waals surface area contributed by atoms with Gasteiger partial charge in [0.05, 0.1) is 11.9 Å². The summed E-state index contributed by atoms with van der Waals surface area (Å²) in [6, 6.07) is 14.6. The highest BCUT2D eigenvalue weighted by Gasteiger charge is 2.23. The largest absolute Gasteiger partial charge is 0.370 e. The fourth-order valence-electron chi connectivity index (χ4n) is 4.23. The van der Waals surface area contributed by atoms with Gasteiger partial charge in [-0.2, -0.15) is 0 Å². The molecule has 0 aliphatic carbocycles. The molecule has 1 aromatic carbocycles. The van der Waals surface area contributed by atoms with Crippen molar-refractivity contribution in [3.8, 4) is 0 Å². The third kappa shape index (κ3) is 4.75. The average Bonchev–Trinajstić information content (AvgIpc) is 2.80. The second kappa shape index (κ2) is 9.07. The Bertz CT molecular complexity index is 809. The first-order valence-corrected chi connectivity index (χ1v) is 10.5. The molecule has 4 rings (SSSR count). The van der Waals surface area contributed by atoms with Gasteiger partial charge < -0.3 is 14.7 Å². The van der Waals surface area contributed by atoms with Crippen LogP contribution >= 0.6 is 0 Å². The zero-order chi connectivity index (χ0) is 20.1. The van der Waals surface area contributed by atoms with Crippen molar-refractivity contribution < 1.29 is 9.59 Å². The summed E-state index contributed by atoms with van der Waals surface area (Å²) in [6.07, 6.45) is 6.18. The number of carbonyl (C=O) groups is 2. The topological polar surface area (TPSA) is 56.8 Å². The maximum atomic E-state index is 12.6. The van der Waals surface area contributed by atoms with E-state index < -0.39 is 0 Å². The number of benzene rings is 1. The molecule has 3 heterocycles. The van der Waals surface area contributed by atoms with Crippen molar-refractivity contribution in [1.29, 1.82) is 0 Å². The van der Waals surface area contributed by atoms with E-state index >= 15 is 0 Å². The van der Waals surface area contributed by atoms with Crippen LogP contribution in [0.2, 0.25) is 0 Å². The smallest absolute Gasteiger partial charge is 0.272 e. The fraction of sp³-hybridized carbons (Fsp3) is 0.435. The van der Waals surface area contributed by atoms with Crippen LogP contribution < -0.4 is 4.90 Å². The Morgan fingerprint density at radius 2 is 1.69 bits per heavy atom. The van der Waals surface area contributed by atoms with Gasteiger partial charge in [0.15, 0.2) is 0 Å². The van der Waals surface area contributed by atoms with Crippen molar-refractivity contribution in [2.24, 2.45) is 5.92 Å². The molecule has 2 aliphatic rings. The molecular weight excluding hydrogens is 364 g/mol. The average molecular weight is 393 g/mol. The third-order valence-electron chi connectivity index (χ3n) is 6.06. The van der Waals surface area contributed by atoms with E-state index in [-0.39, 0.29) is 5.91 Å². The lowest BCUT2D eigenvalue weighted by molar-refractivity contribution is -0.119. The fourth-order valence-corrected chi connectivity index (χ4v) is 4.23. The Labute approximate surface area is 172 Å². The Balaban J connectivity index is 1.29. The molecular formula is C23H28N4O2. The van der Waals surface area contributed by atoms with Crippen LogP contribution in [0.3, 0.4) is 0 Å². The monoisotopic (exact) mass is 392 g/mol. The Morgan fingerprint density at radius 3 is 2.31 bits per heavy atom. The first-order valence-electron chi connectivity index (χ1n) is 10.5. The predicted octanol–water partition coefficient (Wildman–Crippen LogP) is 2.45. The highest BCUT2D eigenvalue weighted by Crippen LogP contribution is 2.25. The quantitative estimate of drug-likeness (QED) is 0.734. The summed E-state index contributed by atoms with van der Waals surface area (Å²) >= 11 is 0. The molecule has 2 amide bonds. The molecule has 0 atom stereocenters. The van der Waals surface area contributed by atoms with Crippen LogP contribution in [0.15, 0.2) is 48.7 Å². The summed E-state index contributed by atoms with van der Waals surface area (Å²) in [6.45, 7) is 4.36. The number of piperazine rings is 1. The molecule has 29 heavy (non-hydrogen) atoms. The van der Waals surface area contributed by atoms with E-state index in [4.69, 9.17) is 0 Å². The standard InChI is InChI=1S/C23H28N4O2/c28-18-25-12-14-27(15-13-25)23(29)22-7-6-21(17-24-22)26-10-8-20(9-11-26)16-19-4-2-1-3-5-19/h1-7,17-18,20H,8-16H2. The normalized spacial score (nSPS) is 18.0. The molecule has 0 bridgehead atoms.